The van der Waals surface area contributed by atoms with Gasteiger partial charge in [-0.1, -0.05) is 29.4 Å². The van der Waals surface area contributed by atoms with Crippen molar-refractivity contribution in [1.29, 1.82) is 5.26 Å². The van der Waals surface area contributed by atoms with Crippen molar-refractivity contribution >= 4 is 10.9 Å². The van der Waals surface area contributed by atoms with E-state index in [4.69, 9.17) is 10.3 Å². The molecule has 0 radical (unpaired) electrons. The van der Waals surface area contributed by atoms with Gasteiger partial charge in [-0.05, 0) is 47.7 Å². The average molecular weight is 357 g/mol. The first-order valence-electron chi connectivity index (χ1n) is 9.03. The van der Waals surface area contributed by atoms with Crippen LogP contribution < -0.4 is 0 Å². The first-order chi connectivity index (χ1) is 13.3. The van der Waals surface area contributed by atoms with Gasteiger partial charge in [-0.25, -0.2) is 0 Å². The van der Waals surface area contributed by atoms with Crippen LogP contribution in [0.5, 0.6) is 0 Å². The van der Waals surface area contributed by atoms with Gasteiger partial charge in [-0.3, -0.25) is 0 Å². The Bertz CT molecular complexity index is 1070. The second-order valence-electron chi connectivity index (χ2n) is 6.73. The monoisotopic (exact) mass is 357 g/mol. The summed E-state index contributed by atoms with van der Waals surface area (Å²) in [5, 5.41) is 14.1. The molecule has 6 heteroatoms. The maximum Gasteiger partial charge on any atom is 0.0991 e. The maximum absolute atomic E-state index is 9.24. The van der Waals surface area contributed by atoms with Crippen LogP contribution >= 0.6 is 0 Å². The van der Waals surface area contributed by atoms with Crippen molar-refractivity contribution in [3.8, 4) is 17.2 Å². The Morgan fingerprint density at radius 3 is 2.85 bits per heavy atom. The summed E-state index contributed by atoms with van der Waals surface area (Å²) in [5.41, 5.74) is 13.5. The molecule has 0 unspecified atom stereocenters. The summed E-state index contributed by atoms with van der Waals surface area (Å²) in [5.74, 6) is 0. The van der Waals surface area contributed by atoms with Crippen molar-refractivity contribution in [2.24, 2.45) is 5.11 Å². The molecule has 2 aromatic carbocycles. The van der Waals surface area contributed by atoms with Crippen LogP contribution in [0.25, 0.3) is 32.5 Å². The van der Waals surface area contributed by atoms with Gasteiger partial charge in [0.15, 0.2) is 0 Å². The van der Waals surface area contributed by atoms with Gasteiger partial charge in [-0.15, -0.1) is 0 Å². The van der Waals surface area contributed by atoms with Crippen LogP contribution in [0.3, 0.4) is 0 Å². The largest absolute Gasteiger partial charge is 0.381 e. The molecule has 1 aromatic heterocycles. The van der Waals surface area contributed by atoms with Crippen molar-refractivity contribution in [1.82, 2.24) is 4.57 Å². The number of hydrogen-bond donors (Lipinski definition) is 0. The molecule has 3 aromatic rings. The third kappa shape index (κ3) is 3.39. The van der Waals surface area contributed by atoms with Crippen LogP contribution in [-0.2, 0) is 11.3 Å². The number of fused-ring (bicyclic) bond motifs is 1. The molecule has 1 aliphatic heterocycles. The second-order valence-corrected chi connectivity index (χ2v) is 6.73. The molecule has 0 aliphatic carbocycles. The first kappa shape index (κ1) is 17.2. The molecule has 2 heterocycles. The van der Waals surface area contributed by atoms with Crippen LogP contribution in [0.1, 0.15) is 30.0 Å². The number of rotatable bonds is 4. The Morgan fingerprint density at radius 1 is 1.22 bits per heavy atom. The molecule has 6 nitrogen and oxygen atoms in total. The Morgan fingerprint density at radius 2 is 2.07 bits per heavy atom. The van der Waals surface area contributed by atoms with Crippen LogP contribution in [0.2, 0.25) is 0 Å². The van der Waals surface area contributed by atoms with Crippen LogP contribution in [-0.4, -0.2) is 17.8 Å². The topological polar surface area (TPSA) is 86.7 Å². The van der Waals surface area contributed by atoms with Crippen molar-refractivity contribution in [3.05, 3.63) is 70.2 Å². The van der Waals surface area contributed by atoms with E-state index in [1.54, 1.807) is 0 Å². The predicted octanol–water partition coefficient (Wildman–Crippen LogP) is 5.34. The van der Waals surface area contributed by atoms with E-state index < -0.39 is 0 Å². The van der Waals surface area contributed by atoms with E-state index in [0.29, 0.717) is 18.2 Å². The van der Waals surface area contributed by atoms with Gasteiger partial charge in [0.1, 0.15) is 0 Å². The van der Waals surface area contributed by atoms with Crippen molar-refractivity contribution in [2.45, 2.75) is 25.4 Å². The van der Waals surface area contributed by atoms with Crippen LogP contribution in [0, 0.1) is 11.3 Å². The van der Waals surface area contributed by atoms with Gasteiger partial charge >= 0.3 is 0 Å². The molecule has 134 valence electrons. The Kier molecular flexibility index (Phi) is 4.80. The molecule has 0 N–H and O–H groups in total. The van der Waals surface area contributed by atoms with E-state index in [-0.39, 0.29) is 0 Å². The van der Waals surface area contributed by atoms with E-state index in [0.717, 1.165) is 53.6 Å². The molecule has 1 saturated heterocycles. The fraction of sp³-hybridized carbons (Fsp3) is 0.286. The molecule has 4 rings (SSSR count). The number of nitrogens with zero attached hydrogens (tertiary/aromatic N) is 5. The standard InChI is InChI=1S/C21H19N5O/c22-12-15-2-1-3-17(10-15)20-14-26(18-6-8-27-9-7-18)21-11-16(13-24-25-23)4-5-19(20)21/h1-5,10-11,14,18H,6-9,13H2. The summed E-state index contributed by atoms with van der Waals surface area (Å²) in [6.45, 7) is 1.87. The highest BCUT2D eigenvalue weighted by Crippen LogP contribution is 2.36. The zero-order valence-electron chi connectivity index (χ0n) is 14.9. The Balaban J connectivity index is 1.88. The average Bonchev–Trinajstić information content (AvgIpc) is 3.12. The molecular formula is C21H19N5O. The summed E-state index contributed by atoms with van der Waals surface area (Å²) in [6, 6.07) is 16.5. The highest BCUT2D eigenvalue weighted by molar-refractivity contribution is 5.96. The molecule has 0 saturated carbocycles. The van der Waals surface area contributed by atoms with Crippen molar-refractivity contribution in [3.63, 3.8) is 0 Å². The fourth-order valence-electron chi connectivity index (χ4n) is 3.76. The molecule has 0 spiro atoms. The van der Waals surface area contributed by atoms with Crippen LogP contribution in [0.15, 0.2) is 53.8 Å². The molecule has 0 atom stereocenters. The summed E-state index contributed by atoms with van der Waals surface area (Å²) >= 11 is 0. The molecular weight excluding hydrogens is 338 g/mol. The number of hydrogen-bond acceptors (Lipinski definition) is 3. The zero-order valence-corrected chi connectivity index (χ0v) is 14.9. The van der Waals surface area contributed by atoms with Crippen molar-refractivity contribution in [2.75, 3.05) is 13.2 Å². The molecule has 1 fully saturated rings. The van der Waals surface area contributed by atoms with Crippen LogP contribution in [0.4, 0.5) is 0 Å². The fourth-order valence-corrected chi connectivity index (χ4v) is 3.76. The smallest absolute Gasteiger partial charge is 0.0991 e. The summed E-state index contributed by atoms with van der Waals surface area (Å²) in [6.07, 6.45) is 4.14. The van der Waals surface area contributed by atoms with Gasteiger partial charge in [0, 0.05) is 46.8 Å². The Hall–Kier alpha value is -3.26. The van der Waals surface area contributed by atoms with Gasteiger partial charge in [0.05, 0.1) is 18.2 Å². The number of ether oxygens (including phenoxy) is 1. The van der Waals surface area contributed by atoms with E-state index in [2.05, 4.69) is 39.0 Å². The summed E-state index contributed by atoms with van der Waals surface area (Å²) in [7, 11) is 0. The first-order valence-corrected chi connectivity index (χ1v) is 9.03. The second kappa shape index (κ2) is 7.55. The molecule has 1 aliphatic rings. The van der Waals surface area contributed by atoms with Crippen molar-refractivity contribution < 1.29 is 4.74 Å². The van der Waals surface area contributed by atoms with Gasteiger partial charge in [0.25, 0.3) is 0 Å². The summed E-state index contributed by atoms with van der Waals surface area (Å²) in [4.78, 5) is 2.87. The minimum Gasteiger partial charge on any atom is -0.381 e. The quantitative estimate of drug-likeness (QED) is 0.358. The molecule has 0 bridgehead atoms. The number of azide groups is 1. The number of aromatic nitrogens is 1. The lowest BCUT2D eigenvalue weighted by molar-refractivity contribution is 0.0707. The molecule has 27 heavy (non-hydrogen) atoms. The van der Waals surface area contributed by atoms with E-state index in [9.17, 15) is 5.26 Å². The minimum absolute atomic E-state index is 0.338. The molecule has 0 amide bonds. The minimum atomic E-state index is 0.338. The SMILES string of the molecule is N#Cc1cccc(-c2cn(C3CCOCC3)c3cc(CN=[N+]=[N-])ccc23)c1. The zero-order chi connectivity index (χ0) is 18.6. The van der Waals surface area contributed by atoms with E-state index in [1.807, 2.05) is 30.3 Å². The lowest BCUT2D eigenvalue weighted by atomic mass is 10.0. The maximum atomic E-state index is 9.24. The highest BCUT2D eigenvalue weighted by atomic mass is 16.5. The highest BCUT2D eigenvalue weighted by Gasteiger charge is 2.20. The third-order valence-corrected chi connectivity index (χ3v) is 5.10. The number of nitriles is 1. The van der Waals surface area contributed by atoms with E-state index in [1.165, 1.54) is 0 Å². The van der Waals surface area contributed by atoms with Gasteiger partial charge < -0.3 is 9.30 Å². The lowest BCUT2D eigenvalue weighted by Gasteiger charge is -2.24. The normalized spacial score (nSPS) is 14.6. The predicted molar refractivity (Wildman–Crippen MR) is 104 cm³/mol. The Labute approximate surface area is 157 Å². The van der Waals surface area contributed by atoms with E-state index >= 15 is 0 Å². The third-order valence-electron chi connectivity index (χ3n) is 5.10. The lowest BCUT2D eigenvalue weighted by Crippen LogP contribution is -2.18. The number of benzene rings is 2. The van der Waals surface area contributed by atoms with Gasteiger partial charge in [0.2, 0.25) is 0 Å². The summed E-state index contributed by atoms with van der Waals surface area (Å²) < 4.78 is 7.85. The van der Waals surface area contributed by atoms with Gasteiger partial charge in [-0.2, -0.15) is 5.26 Å².